The number of aryl methyl sites for hydroxylation is 1. The largest absolute Gasteiger partial charge is 0.508 e. The molecule has 4 aromatic carbocycles. The van der Waals surface area contributed by atoms with Crippen molar-refractivity contribution in [3.05, 3.63) is 142 Å². The maximum Gasteiger partial charge on any atom is 0.262 e. The predicted molar refractivity (Wildman–Crippen MR) is 208 cm³/mol. The highest BCUT2D eigenvalue weighted by Crippen LogP contribution is 2.48. The van der Waals surface area contributed by atoms with Gasteiger partial charge in [0.15, 0.2) is 0 Å². The summed E-state index contributed by atoms with van der Waals surface area (Å²) in [5, 5.41) is 12.9. The zero-order valence-corrected chi connectivity index (χ0v) is 31.2. The maximum atomic E-state index is 13.4. The van der Waals surface area contributed by atoms with Crippen molar-refractivity contribution in [2.75, 3.05) is 32.7 Å². The number of imide groups is 1. The summed E-state index contributed by atoms with van der Waals surface area (Å²) in [5.41, 5.74) is 8.54. The molecule has 10 nitrogen and oxygen atoms in total. The van der Waals surface area contributed by atoms with Gasteiger partial charge in [-0.2, -0.15) is 0 Å². The Labute approximate surface area is 325 Å². The van der Waals surface area contributed by atoms with Crippen LogP contribution in [0.15, 0.2) is 97.2 Å². The third kappa shape index (κ3) is 5.89. The summed E-state index contributed by atoms with van der Waals surface area (Å²) in [6.07, 6.45) is 4.40. The van der Waals surface area contributed by atoms with E-state index >= 15 is 0 Å². The Kier molecular flexibility index (Phi) is 8.18. The number of aromatic hydroxyl groups is 1. The number of piperidine rings is 1. The second kappa shape index (κ2) is 13.2. The van der Waals surface area contributed by atoms with Crippen molar-refractivity contribution in [3.8, 4) is 11.5 Å². The Morgan fingerprint density at radius 2 is 1.52 bits per heavy atom. The second-order valence-corrected chi connectivity index (χ2v) is 16.8. The van der Waals surface area contributed by atoms with Crippen LogP contribution in [-0.2, 0) is 28.9 Å². The number of phenolic OH excluding ortho intramolecular Hbond substituents is 1. The molecular weight excluding hydrogens is 705 g/mol. The van der Waals surface area contributed by atoms with E-state index in [4.69, 9.17) is 4.74 Å². The summed E-state index contributed by atoms with van der Waals surface area (Å²) in [7, 11) is 0. The van der Waals surface area contributed by atoms with Gasteiger partial charge in [0, 0.05) is 30.1 Å². The smallest absolute Gasteiger partial charge is 0.262 e. The number of carbonyl (C=O) groups is 4. The number of ether oxygens (including phenoxy) is 1. The molecule has 0 radical (unpaired) electrons. The summed E-state index contributed by atoms with van der Waals surface area (Å²) in [6, 6.07) is 27.8. The van der Waals surface area contributed by atoms with Crippen molar-refractivity contribution in [2.24, 2.45) is 5.41 Å². The van der Waals surface area contributed by atoms with Gasteiger partial charge < -0.3 is 20.1 Å². The molecule has 0 aromatic heterocycles. The van der Waals surface area contributed by atoms with Gasteiger partial charge in [-0.05, 0) is 114 Å². The third-order valence-electron chi connectivity index (χ3n) is 13.0. The molecule has 4 amide bonds. The first-order valence-corrected chi connectivity index (χ1v) is 19.8. The van der Waals surface area contributed by atoms with E-state index in [9.17, 15) is 24.3 Å². The van der Waals surface area contributed by atoms with Crippen LogP contribution in [0.25, 0.3) is 0 Å². The molecule has 1 unspecified atom stereocenters. The van der Waals surface area contributed by atoms with E-state index in [0.29, 0.717) is 61.0 Å². The Balaban J connectivity index is 0.722. The van der Waals surface area contributed by atoms with E-state index in [0.717, 1.165) is 60.5 Å². The van der Waals surface area contributed by atoms with E-state index in [1.807, 2.05) is 35.2 Å². The van der Waals surface area contributed by atoms with Crippen LogP contribution >= 0.6 is 0 Å². The lowest BCUT2D eigenvalue weighted by molar-refractivity contribution is -0.144. The number of nitrogens with zero attached hydrogens (tertiary/aromatic N) is 3. The minimum absolute atomic E-state index is 0.00243. The quantitative estimate of drug-likeness (QED) is 0.245. The standard InChI is InChI=1S/C46H44N4O6/c1-27-7-16-40(43(53)47-27)50-44(54)38-18-31-20-46(21-32(31)19-39(38)45(50)55)25-48(26-46)24-41(52)49-22-35(23-49)56-34-12-8-29(9-13-34)42-36(28-5-3-2-4-6-28)14-10-30-17-33(51)11-15-37(30)42/h2-6,8-9,11-13,15,17-19,35-36,40,42,51H,1,7,10,14,16,20-26H2,(H,47,53)/t36-,40?,42+/m1/s1. The molecule has 2 aliphatic carbocycles. The number of hydrogen-bond donors (Lipinski definition) is 2. The molecule has 6 aliphatic rings. The molecule has 2 N–H and O–H groups in total. The lowest BCUT2D eigenvalue weighted by Gasteiger charge is -2.49. The van der Waals surface area contributed by atoms with E-state index in [-0.39, 0.29) is 29.3 Å². The number of nitrogens with one attached hydrogen (secondary N) is 1. The molecule has 1 spiro atoms. The van der Waals surface area contributed by atoms with Crippen LogP contribution in [0.2, 0.25) is 0 Å². The van der Waals surface area contributed by atoms with Crippen LogP contribution in [0, 0.1) is 5.41 Å². The number of fused-ring (bicyclic) bond motifs is 3. The van der Waals surface area contributed by atoms with Crippen LogP contribution in [0.5, 0.6) is 11.5 Å². The number of hydrogen-bond acceptors (Lipinski definition) is 7. The maximum absolute atomic E-state index is 13.4. The zero-order valence-electron chi connectivity index (χ0n) is 31.2. The minimum atomic E-state index is -0.816. The molecule has 4 heterocycles. The molecule has 3 fully saturated rings. The van der Waals surface area contributed by atoms with Gasteiger partial charge in [0.1, 0.15) is 23.6 Å². The molecule has 56 heavy (non-hydrogen) atoms. The summed E-state index contributed by atoms with van der Waals surface area (Å²) in [4.78, 5) is 57.8. The normalized spacial score (nSPS) is 24.0. The average molecular weight is 749 g/mol. The molecule has 10 heteroatoms. The van der Waals surface area contributed by atoms with E-state index < -0.39 is 17.9 Å². The first kappa shape index (κ1) is 34.7. The van der Waals surface area contributed by atoms with Crippen molar-refractivity contribution in [1.29, 1.82) is 0 Å². The molecular formula is C46H44N4O6. The lowest BCUT2D eigenvalue weighted by Crippen LogP contribution is -2.62. The molecule has 3 saturated heterocycles. The highest BCUT2D eigenvalue weighted by Gasteiger charge is 2.50. The lowest BCUT2D eigenvalue weighted by atomic mass is 9.69. The molecule has 284 valence electrons. The summed E-state index contributed by atoms with van der Waals surface area (Å²) in [6.45, 7) is 6.85. The number of amides is 4. The molecule has 4 aliphatic heterocycles. The molecule has 0 bridgehead atoms. The van der Waals surface area contributed by atoms with Crippen molar-refractivity contribution in [3.63, 3.8) is 0 Å². The number of phenols is 1. The fourth-order valence-corrected chi connectivity index (χ4v) is 10.4. The van der Waals surface area contributed by atoms with Crippen LogP contribution in [0.4, 0.5) is 0 Å². The van der Waals surface area contributed by atoms with Crippen molar-refractivity contribution >= 4 is 23.6 Å². The second-order valence-electron chi connectivity index (χ2n) is 16.8. The number of carbonyl (C=O) groups excluding carboxylic acids is 4. The fourth-order valence-electron chi connectivity index (χ4n) is 10.4. The summed E-state index contributed by atoms with van der Waals surface area (Å²) in [5.74, 6) is 0.545. The van der Waals surface area contributed by atoms with E-state index in [1.54, 1.807) is 6.07 Å². The van der Waals surface area contributed by atoms with Crippen molar-refractivity contribution < 1.29 is 29.0 Å². The van der Waals surface area contributed by atoms with Gasteiger partial charge in [0.25, 0.3) is 11.8 Å². The molecule has 10 rings (SSSR count). The first-order chi connectivity index (χ1) is 27.1. The van der Waals surface area contributed by atoms with Crippen LogP contribution < -0.4 is 10.1 Å². The Bertz CT molecular complexity index is 2260. The highest BCUT2D eigenvalue weighted by atomic mass is 16.5. The van der Waals surface area contributed by atoms with Crippen molar-refractivity contribution in [2.45, 2.75) is 62.5 Å². The van der Waals surface area contributed by atoms with Gasteiger partial charge in [-0.1, -0.05) is 55.1 Å². The zero-order chi connectivity index (χ0) is 38.3. The van der Waals surface area contributed by atoms with Crippen LogP contribution in [0.1, 0.15) is 85.2 Å². The van der Waals surface area contributed by atoms with Gasteiger partial charge in [-0.3, -0.25) is 29.0 Å². The number of benzene rings is 4. The van der Waals surface area contributed by atoms with E-state index in [2.05, 4.69) is 65.3 Å². The van der Waals surface area contributed by atoms with Crippen LogP contribution in [0.3, 0.4) is 0 Å². The number of allylic oxidation sites excluding steroid dienone is 1. The highest BCUT2D eigenvalue weighted by molar-refractivity contribution is 6.23. The van der Waals surface area contributed by atoms with E-state index in [1.165, 1.54) is 22.3 Å². The van der Waals surface area contributed by atoms with Gasteiger partial charge in [-0.25, -0.2) is 0 Å². The van der Waals surface area contributed by atoms with Crippen molar-refractivity contribution in [1.82, 2.24) is 20.0 Å². The summed E-state index contributed by atoms with van der Waals surface area (Å²) < 4.78 is 6.31. The van der Waals surface area contributed by atoms with Gasteiger partial charge in [0.2, 0.25) is 11.8 Å². The Hall–Kier alpha value is -5.74. The molecule has 0 saturated carbocycles. The third-order valence-corrected chi connectivity index (χ3v) is 13.0. The van der Waals surface area contributed by atoms with Gasteiger partial charge >= 0.3 is 0 Å². The topological polar surface area (TPSA) is 119 Å². The molecule has 3 atom stereocenters. The number of likely N-dealkylation sites (tertiary alicyclic amines) is 2. The Morgan fingerprint density at radius 3 is 2.20 bits per heavy atom. The predicted octanol–water partition coefficient (Wildman–Crippen LogP) is 5.33. The van der Waals surface area contributed by atoms with Gasteiger partial charge in [-0.15, -0.1) is 0 Å². The Morgan fingerprint density at radius 1 is 0.821 bits per heavy atom. The fraction of sp³-hybridized carbons (Fsp3) is 0.348. The minimum Gasteiger partial charge on any atom is -0.508 e. The van der Waals surface area contributed by atoms with Crippen LogP contribution in [-0.4, -0.2) is 88.3 Å². The first-order valence-electron chi connectivity index (χ1n) is 19.8. The average Bonchev–Trinajstić information content (AvgIpc) is 3.65. The monoisotopic (exact) mass is 748 g/mol. The number of rotatable bonds is 7. The molecule has 4 aromatic rings. The summed E-state index contributed by atoms with van der Waals surface area (Å²) >= 11 is 0. The SMILES string of the molecule is C=C1CCC(N2C(=O)c3cc4c(cc3C2=O)CC2(C4)CN(CC(=O)N3CC(Oc4ccc([C@@H]5c6ccc(O)cc6CC[C@@H]5c5ccccc5)cc4)C3)C2)C(=O)N1. The van der Waals surface area contributed by atoms with Gasteiger partial charge in [0.05, 0.1) is 30.8 Å².